The fourth-order valence-electron chi connectivity index (χ4n) is 1.18. The van der Waals surface area contributed by atoms with E-state index >= 15 is 0 Å². The van der Waals surface area contributed by atoms with E-state index in [4.69, 9.17) is 10.2 Å². The molecule has 1 unspecified atom stereocenters. The van der Waals surface area contributed by atoms with E-state index in [2.05, 4.69) is 21.2 Å². The molecule has 1 aromatic heterocycles. The minimum atomic E-state index is -1.16. The number of carboxylic acids is 1. The number of thiophene rings is 1. The van der Waals surface area contributed by atoms with Crippen molar-refractivity contribution in [1.82, 2.24) is 5.32 Å². The Labute approximate surface area is 116 Å². The molecule has 1 amide bonds. The van der Waals surface area contributed by atoms with E-state index < -0.39 is 17.9 Å². The number of carbonyl (C=O) groups excluding carboxylic acids is 1. The summed E-state index contributed by atoms with van der Waals surface area (Å²) in [5, 5.41) is 19.8. The van der Waals surface area contributed by atoms with Crippen LogP contribution in [0, 0.1) is 0 Å². The molecule has 0 aliphatic heterocycles. The summed E-state index contributed by atoms with van der Waals surface area (Å²) in [6.07, 6.45) is 2.85. The summed E-state index contributed by atoms with van der Waals surface area (Å²) in [5.41, 5.74) is 0. The third kappa shape index (κ3) is 4.99. The molecular formula is C11H12BrNO4S. The van der Waals surface area contributed by atoms with Crippen LogP contribution in [-0.4, -0.2) is 34.7 Å². The fraction of sp³-hybridized carbons (Fsp3) is 0.273. The molecule has 0 bridgehead atoms. The number of carbonyl (C=O) groups is 2. The zero-order valence-electron chi connectivity index (χ0n) is 9.30. The van der Waals surface area contributed by atoms with Crippen molar-refractivity contribution in [2.24, 2.45) is 0 Å². The molecule has 18 heavy (non-hydrogen) atoms. The van der Waals surface area contributed by atoms with E-state index in [0.717, 1.165) is 8.66 Å². The van der Waals surface area contributed by atoms with Gasteiger partial charge in [-0.2, -0.15) is 0 Å². The predicted molar refractivity (Wildman–Crippen MR) is 72.3 cm³/mol. The van der Waals surface area contributed by atoms with Gasteiger partial charge in [-0.15, -0.1) is 11.3 Å². The molecule has 1 rings (SSSR count). The molecule has 1 heterocycles. The maximum absolute atomic E-state index is 11.5. The minimum absolute atomic E-state index is 0.0144. The number of hydrogen-bond acceptors (Lipinski definition) is 4. The number of hydrogen-bond donors (Lipinski definition) is 3. The van der Waals surface area contributed by atoms with Crippen LogP contribution in [0.3, 0.4) is 0 Å². The van der Waals surface area contributed by atoms with Gasteiger partial charge in [0.25, 0.3) is 0 Å². The monoisotopic (exact) mass is 333 g/mol. The summed E-state index contributed by atoms with van der Waals surface area (Å²) in [5.74, 6) is -1.66. The van der Waals surface area contributed by atoms with E-state index in [9.17, 15) is 9.59 Å². The van der Waals surface area contributed by atoms with Crippen LogP contribution in [0.25, 0.3) is 6.08 Å². The molecule has 0 fully saturated rings. The molecule has 0 spiro atoms. The molecule has 0 aromatic carbocycles. The largest absolute Gasteiger partial charge is 0.480 e. The summed E-state index contributed by atoms with van der Waals surface area (Å²) < 4.78 is 0.950. The van der Waals surface area contributed by atoms with Gasteiger partial charge in [0.05, 0.1) is 3.79 Å². The summed E-state index contributed by atoms with van der Waals surface area (Å²) >= 11 is 4.76. The van der Waals surface area contributed by atoms with Crippen LogP contribution in [0.4, 0.5) is 0 Å². The molecule has 7 heteroatoms. The van der Waals surface area contributed by atoms with Gasteiger partial charge in [0, 0.05) is 24.0 Å². The summed E-state index contributed by atoms with van der Waals surface area (Å²) in [4.78, 5) is 23.1. The summed E-state index contributed by atoms with van der Waals surface area (Å²) in [6.45, 7) is -0.293. The van der Waals surface area contributed by atoms with Crippen LogP contribution in [0.2, 0.25) is 0 Å². The first-order valence-corrected chi connectivity index (χ1v) is 6.71. The van der Waals surface area contributed by atoms with Crippen LogP contribution in [0.1, 0.15) is 11.3 Å². The van der Waals surface area contributed by atoms with Crippen LogP contribution in [0.15, 0.2) is 22.0 Å². The molecule has 3 N–H and O–H groups in total. The number of nitrogens with one attached hydrogen (secondary N) is 1. The number of aliphatic hydroxyl groups is 1. The van der Waals surface area contributed by atoms with Crippen molar-refractivity contribution in [3.8, 4) is 0 Å². The fourth-order valence-corrected chi connectivity index (χ4v) is 2.51. The zero-order valence-corrected chi connectivity index (χ0v) is 11.7. The molecule has 0 saturated heterocycles. The highest BCUT2D eigenvalue weighted by atomic mass is 79.9. The highest BCUT2D eigenvalue weighted by Gasteiger charge is 2.17. The zero-order chi connectivity index (χ0) is 13.5. The Morgan fingerprint density at radius 3 is 2.72 bits per heavy atom. The second-order valence-electron chi connectivity index (χ2n) is 3.39. The van der Waals surface area contributed by atoms with Crippen LogP contribution >= 0.6 is 27.3 Å². The Bertz CT molecular complexity index is 458. The van der Waals surface area contributed by atoms with E-state index in [-0.39, 0.29) is 13.0 Å². The van der Waals surface area contributed by atoms with Crippen LogP contribution in [0.5, 0.6) is 0 Å². The lowest BCUT2D eigenvalue weighted by atomic mass is 10.2. The van der Waals surface area contributed by atoms with Crippen molar-refractivity contribution in [3.63, 3.8) is 0 Å². The maximum atomic E-state index is 11.5. The van der Waals surface area contributed by atoms with Gasteiger partial charge in [-0.25, -0.2) is 4.79 Å². The highest BCUT2D eigenvalue weighted by molar-refractivity contribution is 9.11. The molecular weight excluding hydrogens is 322 g/mol. The van der Waals surface area contributed by atoms with Crippen molar-refractivity contribution < 1.29 is 19.8 Å². The lowest BCUT2D eigenvalue weighted by Gasteiger charge is -2.10. The molecule has 1 aromatic rings. The van der Waals surface area contributed by atoms with Crippen molar-refractivity contribution in [3.05, 3.63) is 26.9 Å². The number of halogens is 1. The maximum Gasteiger partial charge on any atom is 0.326 e. The van der Waals surface area contributed by atoms with Gasteiger partial charge >= 0.3 is 5.97 Å². The van der Waals surface area contributed by atoms with Crippen LogP contribution < -0.4 is 5.32 Å². The van der Waals surface area contributed by atoms with Crippen molar-refractivity contribution in [2.75, 3.05) is 6.61 Å². The Morgan fingerprint density at radius 2 is 2.22 bits per heavy atom. The first kappa shape index (κ1) is 14.9. The topological polar surface area (TPSA) is 86.6 Å². The van der Waals surface area contributed by atoms with Gasteiger partial charge < -0.3 is 15.5 Å². The first-order valence-electron chi connectivity index (χ1n) is 5.10. The average Bonchev–Trinajstić information content (AvgIpc) is 2.72. The smallest absolute Gasteiger partial charge is 0.326 e. The first-order chi connectivity index (χ1) is 8.52. The van der Waals surface area contributed by atoms with E-state index in [1.807, 2.05) is 12.1 Å². The Morgan fingerprint density at radius 1 is 1.50 bits per heavy atom. The van der Waals surface area contributed by atoms with Crippen molar-refractivity contribution in [1.29, 1.82) is 0 Å². The van der Waals surface area contributed by atoms with Crippen molar-refractivity contribution >= 4 is 45.2 Å². The van der Waals surface area contributed by atoms with Crippen LogP contribution in [-0.2, 0) is 9.59 Å². The van der Waals surface area contributed by atoms with E-state index in [0.29, 0.717) is 0 Å². The summed E-state index contributed by atoms with van der Waals surface area (Å²) in [6, 6.07) is 2.62. The summed E-state index contributed by atoms with van der Waals surface area (Å²) in [7, 11) is 0. The second-order valence-corrected chi connectivity index (χ2v) is 5.88. The molecule has 1 atom stereocenters. The Kier molecular flexibility index (Phi) is 6.03. The Hall–Kier alpha value is -1.18. The van der Waals surface area contributed by atoms with E-state index in [1.54, 1.807) is 6.08 Å². The Balaban J connectivity index is 2.54. The molecule has 0 aliphatic rings. The minimum Gasteiger partial charge on any atom is -0.480 e. The normalized spacial score (nSPS) is 12.6. The third-order valence-electron chi connectivity index (χ3n) is 2.03. The average molecular weight is 334 g/mol. The van der Waals surface area contributed by atoms with E-state index in [1.165, 1.54) is 17.4 Å². The lowest BCUT2D eigenvalue weighted by molar-refractivity contribution is -0.141. The quantitative estimate of drug-likeness (QED) is 0.688. The van der Waals surface area contributed by atoms with Gasteiger partial charge in [-0.05, 0) is 34.1 Å². The molecule has 98 valence electrons. The number of aliphatic hydroxyl groups excluding tert-OH is 1. The number of carboxylic acid groups (broad SMARTS) is 1. The second kappa shape index (κ2) is 7.30. The lowest BCUT2D eigenvalue weighted by Crippen LogP contribution is -2.40. The molecule has 0 aliphatic carbocycles. The number of amides is 1. The number of rotatable bonds is 6. The molecule has 0 radical (unpaired) electrons. The van der Waals surface area contributed by atoms with Gasteiger partial charge in [0.15, 0.2) is 0 Å². The predicted octanol–water partition coefficient (Wildman–Crippen LogP) is 1.48. The van der Waals surface area contributed by atoms with Gasteiger partial charge in [-0.1, -0.05) is 0 Å². The standard InChI is InChI=1S/C11H12BrNO4S/c12-9-3-1-7(18-9)2-4-10(15)13-8(5-6-14)11(16)17/h1-4,8,14H,5-6H2,(H,13,15)(H,16,17). The van der Waals surface area contributed by atoms with Gasteiger partial charge in [-0.3, -0.25) is 4.79 Å². The number of aliphatic carboxylic acids is 1. The molecule has 0 saturated carbocycles. The molecule has 5 nitrogen and oxygen atoms in total. The van der Waals surface area contributed by atoms with Gasteiger partial charge in [0.2, 0.25) is 5.91 Å². The third-order valence-corrected chi connectivity index (χ3v) is 3.61. The van der Waals surface area contributed by atoms with Gasteiger partial charge in [0.1, 0.15) is 6.04 Å². The highest BCUT2D eigenvalue weighted by Crippen LogP contribution is 2.22. The SMILES string of the molecule is O=C(C=Cc1ccc(Br)s1)NC(CCO)C(=O)O. The van der Waals surface area contributed by atoms with Crippen molar-refractivity contribution in [2.45, 2.75) is 12.5 Å².